The number of benzene rings is 2. The van der Waals surface area contributed by atoms with E-state index in [1.165, 1.54) is 20.2 Å². The number of methoxy groups -OCH3 is 1. The Morgan fingerprint density at radius 1 is 1.03 bits per heavy atom. The normalized spacial score (nSPS) is 12.7. The number of carbonyl (C=O) groups is 3. The molecule has 3 aromatic rings. The predicted molar refractivity (Wildman–Crippen MR) is 142 cm³/mol. The van der Waals surface area contributed by atoms with Gasteiger partial charge in [0.1, 0.15) is 19.2 Å². The van der Waals surface area contributed by atoms with Crippen LogP contribution in [0.3, 0.4) is 0 Å². The maximum atomic E-state index is 12.5. The summed E-state index contributed by atoms with van der Waals surface area (Å²) in [6.07, 6.45) is 1.22. The highest BCUT2D eigenvalue weighted by Crippen LogP contribution is 2.44. The Morgan fingerprint density at radius 3 is 2.31 bits per heavy atom. The van der Waals surface area contributed by atoms with Crippen molar-refractivity contribution < 1.29 is 23.9 Å². The van der Waals surface area contributed by atoms with Crippen LogP contribution in [0.15, 0.2) is 64.3 Å². The van der Waals surface area contributed by atoms with Gasteiger partial charge in [-0.1, -0.05) is 48.5 Å². The van der Waals surface area contributed by atoms with Crippen LogP contribution < -0.4 is 21.9 Å². The zero-order valence-electron chi connectivity index (χ0n) is 21.7. The Morgan fingerprint density at radius 2 is 1.67 bits per heavy atom. The van der Waals surface area contributed by atoms with Crippen LogP contribution in [0.2, 0.25) is 0 Å². The first-order valence-electron chi connectivity index (χ1n) is 12.5. The average Bonchev–Trinajstić information content (AvgIpc) is 3.25. The highest BCUT2D eigenvalue weighted by molar-refractivity contribution is 5.84. The topological polar surface area (TPSA) is 149 Å². The molecule has 0 fully saturated rings. The predicted octanol–water partition coefficient (Wildman–Crippen LogP) is 1.82. The van der Waals surface area contributed by atoms with Gasteiger partial charge in [0, 0.05) is 24.2 Å². The zero-order chi connectivity index (χ0) is 27.9. The van der Waals surface area contributed by atoms with E-state index in [1.54, 1.807) is 0 Å². The van der Waals surface area contributed by atoms with Gasteiger partial charge < -0.3 is 20.1 Å². The van der Waals surface area contributed by atoms with Crippen LogP contribution in [-0.2, 0) is 25.6 Å². The molecule has 39 heavy (non-hydrogen) atoms. The lowest BCUT2D eigenvalue weighted by Gasteiger charge is -2.17. The van der Waals surface area contributed by atoms with Crippen LogP contribution in [0.25, 0.3) is 11.1 Å². The second kappa shape index (κ2) is 12.2. The summed E-state index contributed by atoms with van der Waals surface area (Å²) in [6.45, 7) is 1.51. The van der Waals surface area contributed by atoms with E-state index in [-0.39, 0.29) is 37.6 Å². The number of ether oxygens (including phenoxy) is 2. The first-order valence-corrected chi connectivity index (χ1v) is 12.5. The van der Waals surface area contributed by atoms with Crippen molar-refractivity contribution in [3.8, 4) is 11.1 Å². The summed E-state index contributed by atoms with van der Waals surface area (Å²) in [5.41, 5.74) is 3.50. The molecule has 4 rings (SSSR count). The molecule has 2 aromatic carbocycles. The van der Waals surface area contributed by atoms with Crippen LogP contribution in [0.5, 0.6) is 0 Å². The molecule has 0 radical (unpaired) electrons. The molecule has 1 atom stereocenters. The number of hydrogen-bond acceptors (Lipinski definition) is 7. The van der Waals surface area contributed by atoms with Gasteiger partial charge in [-0.25, -0.2) is 14.4 Å². The van der Waals surface area contributed by atoms with Gasteiger partial charge in [-0.05, 0) is 42.0 Å². The summed E-state index contributed by atoms with van der Waals surface area (Å²) < 4.78 is 11.3. The minimum absolute atomic E-state index is 0.0548. The van der Waals surface area contributed by atoms with Gasteiger partial charge in [-0.3, -0.25) is 19.1 Å². The molecule has 0 saturated carbocycles. The van der Waals surface area contributed by atoms with Gasteiger partial charge in [0.05, 0.1) is 7.11 Å². The van der Waals surface area contributed by atoms with E-state index in [9.17, 15) is 24.0 Å². The van der Waals surface area contributed by atoms with Crippen molar-refractivity contribution in [1.82, 2.24) is 20.2 Å². The third-order valence-electron chi connectivity index (χ3n) is 6.61. The highest BCUT2D eigenvalue weighted by atomic mass is 16.5. The fourth-order valence-electron chi connectivity index (χ4n) is 4.67. The quantitative estimate of drug-likeness (QED) is 0.265. The number of nitrogens with one attached hydrogen (secondary N) is 3. The van der Waals surface area contributed by atoms with Crippen molar-refractivity contribution in [2.24, 2.45) is 0 Å². The average molecular weight is 535 g/mol. The summed E-state index contributed by atoms with van der Waals surface area (Å²) in [7, 11) is 1.20. The Balaban J connectivity index is 1.25. The number of hydrogen-bond donors (Lipinski definition) is 3. The number of carbonyl (C=O) groups excluding carboxylic acids is 3. The number of fused-ring (bicyclic) bond motifs is 3. The van der Waals surface area contributed by atoms with E-state index in [0.717, 1.165) is 26.8 Å². The minimum Gasteiger partial charge on any atom is -0.467 e. The van der Waals surface area contributed by atoms with Crippen LogP contribution in [0, 0.1) is 6.92 Å². The van der Waals surface area contributed by atoms with Gasteiger partial charge in [0.2, 0.25) is 5.91 Å². The number of aromatic amines is 1. The number of aromatic nitrogens is 2. The van der Waals surface area contributed by atoms with Gasteiger partial charge in [-0.2, -0.15) is 0 Å². The standard InChI is InChI=1S/C28H30N4O7/c1-17-14-32(27(36)31-25(17)34)15-24(33)30-23(26(35)38-2)12-7-13-29-28(37)39-16-22-20-10-5-3-8-18(20)19-9-4-6-11-21(19)22/h3-6,8-11,14,22-23H,7,12-13,15-16H2,1-2H3,(H,29,37)(H,30,33)(H,31,34,36)/t23-/m0/s1. The third kappa shape index (κ3) is 6.43. The van der Waals surface area contributed by atoms with Crippen LogP contribution in [-0.4, -0.2) is 53.8 Å². The molecule has 1 heterocycles. The van der Waals surface area contributed by atoms with Crippen molar-refractivity contribution >= 4 is 18.0 Å². The van der Waals surface area contributed by atoms with Crippen molar-refractivity contribution in [1.29, 1.82) is 0 Å². The molecule has 0 aliphatic heterocycles. The highest BCUT2D eigenvalue weighted by Gasteiger charge is 2.29. The number of alkyl carbamates (subject to hydrolysis) is 1. The van der Waals surface area contributed by atoms with Crippen LogP contribution in [0.1, 0.15) is 35.4 Å². The van der Waals surface area contributed by atoms with E-state index in [1.807, 2.05) is 36.4 Å². The first-order chi connectivity index (χ1) is 18.8. The summed E-state index contributed by atoms with van der Waals surface area (Å²) in [4.78, 5) is 62.6. The second-order valence-electron chi connectivity index (χ2n) is 9.24. The third-order valence-corrected chi connectivity index (χ3v) is 6.61. The molecule has 0 bridgehead atoms. The molecular formula is C28H30N4O7. The van der Waals surface area contributed by atoms with E-state index in [4.69, 9.17) is 9.47 Å². The number of esters is 1. The van der Waals surface area contributed by atoms with Crippen LogP contribution in [0.4, 0.5) is 4.79 Å². The Bertz CT molecular complexity index is 1450. The summed E-state index contributed by atoms with van der Waals surface area (Å²) >= 11 is 0. The number of H-pyrrole nitrogens is 1. The number of nitrogens with zero attached hydrogens (tertiary/aromatic N) is 1. The Hall–Kier alpha value is -4.67. The Kier molecular flexibility index (Phi) is 8.60. The lowest BCUT2D eigenvalue weighted by molar-refractivity contribution is -0.145. The molecule has 11 nitrogen and oxygen atoms in total. The second-order valence-corrected chi connectivity index (χ2v) is 9.24. The molecule has 11 heteroatoms. The van der Waals surface area contributed by atoms with Crippen molar-refractivity contribution in [3.05, 3.63) is 92.3 Å². The molecule has 1 aromatic heterocycles. The minimum atomic E-state index is -0.980. The van der Waals surface area contributed by atoms with Crippen molar-refractivity contribution in [3.63, 3.8) is 0 Å². The molecule has 3 N–H and O–H groups in total. The molecule has 1 aliphatic rings. The maximum absolute atomic E-state index is 12.5. The van der Waals surface area contributed by atoms with E-state index >= 15 is 0 Å². The van der Waals surface area contributed by atoms with Crippen LogP contribution >= 0.6 is 0 Å². The molecule has 1 aliphatic carbocycles. The lowest BCUT2D eigenvalue weighted by atomic mass is 9.98. The Labute approximate surface area is 224 Å². The van der Waals surface area contributed by atoms with Gasteiger partial charge >= 0.3 is 17.8 Å². The molecular weight excluding hydrogens is 504 g/mol. The smallest absolute Gasteiger partial charge is 0.407 e. The number of amides is 2. The SMILES string of the molecule is COC(=O)[C@H](CCCNC(=O)OCC1c2ccccc2-c2ccccc21)NC(=O)Cn1cc(C)c(=O)[nH]c1=O. The van der Waals surface area contributed by atoms with E-state index < -0.39 is 35.3 Å². The molecule has 2 amide bonds. The zero-order valence-corrected chi connectivity index (χ0v) is 21.7. The molecule has 0 unspecified atom stereocenters. The van der Waals surface area contributed by atoms with Crippen molar-refractivity contribution in [2.75, 3.05) is 20.3 Å². The van der Waals surface area contributed by atoms with Gasteiger partial charge in [0.15, 0.2) is 0 Å². The summed E-state index contributed by atoms with van der Waals surface area (Å²) in [5.74, 6) is -1.32. The fraction of sp³-hybridized carbons (Fsp3) is 0.321. The lowest BCUT2D eigenvalue weighted by Crippen LogP contribution is -2.45. The summed E-state index contributed by atoms with van der Waals surface area (Å²) in [5, 5.41) is 5.21. The number of rotatable bonds is 10. The number of aryl methyl sites for hydroxylation is 1. The largest absolute Gasteiger partial charge is 0.467 e. The summed E-state index contributed by atoms with van der Waals surface area (Å²) in [6, 6.07) is 15.1. The monoisotopic (exact) mass is 534 g/mol. The first kappa shape index (κ1) is 27.4. The molecule has 0 spiro atoms. The fourth-order valence-corrected chi connectivity index (χ4v) is 4.67. The van der Waals surface area contributed by atoms with Gasteiger partial charge in [-0.15, -0.1) is 0 Å². The maximum Gasteiger partial charge on any atom is 0.407 e. The molecule has 204 valence electrons. The van der Waals surface area contributed by atoms with Gasteiger partial charge in [0.25, 0.3) is 5.56 Å². The van der Waals surface area contributed by atoms with E-state index in [0.29, 0.717) is 6.42 Å². The molecule has 0 saturated heterocycles. The van der Waals surface area contributed by atoms with E-state index in [2.05, 4.69) is 27.8 Å². The van der Waals surface area contributed by atoms with Crippen molar-refractivity contribution in [2.45, 2.75) is 38.3 Å².